The maximum absolute atomic E-state index is 11.3. The third kappa shape index (κ3) is 2.36. The number of nitrogens with one attached hydrogen (secondary N) is 1. The molecule has 0 spiro atoms. The maximum atomic E-state index is 11.3. The molecule has 0 bridgehead atoms. The van der Waals surface area contributed by atoms with Crippen molar-refractivity contribution in [3.8, 4) is 0 Å². The highest BCUT2D eigenvalue weighted by Gasteiger charge is 2.19. The SMILES string of the molecule is Cn1ccc(CNc2nc3c(cc2C(=O)O)CCC3)n1. The van der Waals surface area contributed by atoms with Gasteiger partial charge in [0, 0.05) is 18.9 Å². The minimum absolute atomic E-state index is 0.238. The number of carboxylic acid groups (broad SMARTS) is 1. The van der Waals surface area contributed by atoms with Gasteiger partial charge in [-0.15, -0.1) is 0 Å². The topological polar surface area (TPSA) is 80.0 Å². The summed E-state index contributed by atoms with van der Waals surface area (Å²) in [5, 5.41) is 16.6. The van der Waals surface area contributed by atoms with E-state index in [4.69, 9.17) is 0 Å². The van der Waals surface area contributed by atoms with Crippen LogP contribution in [0.1, 0.15) is 33.7 Å². The van der Waals surface area contributed by atoms with Crippen LogP contribution in [0, 0.1) is 0 Å². The lowest BCUT2D eigenvalue weighted by molar-refractivity contribution is 0.0697. The quantitative estimate of drug-likeness (QED) is 0.884. The van der Waals surface area contributed by atoms with Gasteiger partial charge in [-0.1, -0.05) is 0 Å². The molecule has 2 N–H and O–H groups in total. The van der Waals surface area contributed by atoms with E-state index in [2.05, 4.69) is 15.4 Å². The van der Waals surface area contributed by atoms with E-state index in [0.29, 0.717) is 12.4 Å². The lowest BCUT2D eigenvalue weighted by atomic mass is 10.1. The Bertz CT molecular complexity index is 663. The third-order valence-corrected chi connectivity index (χ3v) is 3.49. The number of aromatic carboxylic acids is 1. The monoisotopic (exact) mass is 272 g/mol. The Kier molecular flexibility index (Phi) is 3.14. The molecule has 0 saturated heterocycles. The van der Waals surface area contributed by atoms with Crippen LogP contribution in [0.3, 0.4) is 0 Å². The van der Waals surface area contributed by atoms with Crippen LogP contribution < -0.4 is 5.32 Å². The van der Waals surface area contributed by atoms with Gasteiger partial charge in [0.2, 0.25) is 0 Å². The van der Waals surface area contributed by atoms with E-state index >= 15 is 0 Å². The zero-order valence-electron chi connectivity index (χ0n) is 11.3. The van der Waals surface area contributed by atoms with E-state index < -0.39 is 5.97 Å². The van der Waals surface area contributed by atoms with Gasteiger partial charge in [0.1, 0.15) is 11.4 Å². The Balaban J connectivity index is 1.86. The van der Waals surface area contributed by atoms with Gasteiger partial charge in [-0.2, -0.15) is 5.10 Å². The van der Waals surface area contributed by atoms with Crippen molar-refractivity contribution in [1.82, 2.24) is 14.8 Å². The van der Waals surface area contributed by atoms with E-state index in [0.717, 1.165) is 36.2 Å². The van der Waals surface area contributed by atoms with Gasteiger partial charge < -0.3 is 10.4 Å². The molecule has 0 fully saturated rings. The minimum Gasteiger partial charge on any atom is -0.478 e. The molecular formula is C14H16N4O2. The Morgan fingerprint density at radius 2 is 2.35 bits per heavy atom. The molecule has 0 aliphatic heterocycles. The summed E-state index contributed by atoms with van der Waals surface area (Å²) in [7, 11) is 1.85. The summed E-state index contributed by atoms with van der Waals surface area (Å²) in [5.41, 5.74) is 3.16. The van der Waals surface area contributed by atoms with Crippen molar-refractivity contribution in [1.29, 1.82) is 0 Å². The van der Waals surface area contributed by atoms with E-state index in [1.807, 2.05) is 19.3 Å². The van der Waals surface area contributed by atoms with Crippen LogP contribution >= 0.6 is 0 Å². The molecular weight excluding hydrogens is 256 g/mol. The second kappa shape index (κ2) is 4.96. The van der Waals surface area contributed by atoms with E-state index in [1.165, 1.54) is 0 Å². The standard InChI is InChI=1S/C14H16N4O2/c1-18-6-5-10(17-18)8-15-13-11(14(19)20)7-9-3-2-4-12(9)16-13/h5-7H,2-4,8H2,1H3,(H,15,16)(H,19,20). The number of anilines is 1. The van der Waals surface area contributed by atoms with E-state index in [1.54, 1.807) is 10.7 Å². The Hall–Kier alpha value is -2.37. The molecule has 1 aliphatic rings. The molecule has 0 radical (unpaired) electrons. The molecule has 3 rings (SSSR count). The Morgan fingerprint density at radius 1 is 1.50 bits per heavy atom. The average molecular weight is 272 g/mol. The predicted molar refractivity (Wildman–Crippen MR) is 73.8 cm³/mol. The number of hydrogen-bond donors (Lipinski definition) is 2. The Morgan fingerprint density at radius 3 is 3.05 bits per heavy atom. The zero-order valence-corrected chi connectivity index (χ0v) is 11.3. The highest BCUT2D eigenvalue weighted by Crippen LogP contribution is 2.25. The van der Waals surface area contributed by atoms with Crippen LogP contribution in [0.25, 0.3) is 0 Å². The fourth-order valence-electron chi connectivity index (χ4n) is 2.50. The lowest BCUT2D eigenvalue weighted by Gasteiger charge is -2.10. The first-order valence-electron chi connectivity index (χ1n) is 6.62. The highest BCUT2D eigenvalue weighted by molar-refractivity contribution is 5.93. The van der Waals surface area contributed by atoms with Gasteiger partial charge in [-0.25, -0.2) is 9.78 Å². The summed E-state index contributed by atoms with van der Waals surface area (Å²) in [5.74, 6) is -0.514. The number of aryl methyl sites for hydroxylation is 3. The Labute approximate surface area is 116 Å². The van der Waals surface area contributed by atoms with Crippen LogP contribution in [0.5, 0.6) is 0 Å². The summed E-state index contributed by atoms with van der Waals surface area (Å²) in [6.07, 6.45) is 4.74. The number of fused-ring (bicyclic) bond motifs is 1. The van der Waals surface area contributed by atoms with Crippen molar-refractivity contribution in [2.45, 2.75) is 25.8 Å². The molecule has 104 valence electrons. The number of rotatable bonds is 4. The molecule has 20 heavy (non-hydrogen) atoms. The van der Waals surface area contributed by atoms with Crippen LogP contribution in [0.2, 0.25) is 0 Å². The molecule has 2 aromatic heterocycles. The molecule has 0 amide bonds. The first-order valence-corrected chi connectivity index (χ1v) is 6.62. The molecule has 0 unspecified atom stereocenters. The first-order chi connectivity index (χ1) is 9.63. The maximum Gasteiger partial charge on any atom is 0.339 e. The normalized spacial score (nSPS) is 13.2. The second-order valence-electron chi connectivity index (χ2n) is 4.98. The molecule has 6 nitrogen and oxygen atoms in total. The fourth-order valence-corrected chi connectivity index (χ4v) is 2.50. The number of carboxylic acids is 1. The summed E-state index contributed by atoms with van der Waals surface area (Å²) in [4.78, 5) is 15.8. The molecule has 1 aliphatic carbocycles. The van der Waals surface area contributed by atoms with Crippen molar-refractivity contribution in [3.05, 3.63) is 40.8 Å². The van der Waals surface area contributed by atoms with Crippen molar-refractivity contribution in [2.75, 3.05) is 5.32 Å². The summed E-state index contributed by atoms with van der Waals surface area (Å²) >= 11 is 0. The first kappa shape index (κ1) is 12.7. The fraction of sp³-hybridized carbons (Fsp3) is 0.357. The van der Waals surface area contributed by atoms with Crippen LogP contribution in [-0.2, 0) is 26.4 Å². The number of pyridine rings is 1. The molecule has 0 saturated carbocycles. The van der Waals surface area contributed by atoms with Crippen LogP contribution in [-0.4, -0.2) is 25.8 Å². The van der Waals surface area contributed by atoms with E-state index in [-0.39, 0.29) is 5.56 Å². The molecule has 0 atom stereocenters. The summed E-state index contributed by atoms with van der Waals surface area (Å²) < 4.78 is 1.71. The highest BCUT2D eigenvalue weighted by atomic mass is 16.4. The molecule has 0 aromatic carbocycles. The van der Waals surface area contributed by atoms with Gasteiger partial charge in [-0.3, -0.25) is 4.68 Å². The van der Waals surface area contributed by atoms with Gasteiger partial charge in [-0.05, 0) is 37.0 Å². The lowest BCUT2D eigenvalue weighted by Crippen LogP contribution is -2.10. The van der Waals surface area contributed by atoms with Crippen molar-refractivity contribution in [2.24, 2.45) is 7.05 Å². The van der Waals surface area contributed by atoms with Gasteiger partial charge >= 0.3 is 5.97 Å². The third-order valence-electron chi connectivity index (χ3n) is 3.49. The van der Waals surface area contributed by atoms with E-state index in [9.17, 15) is 9.90 Å². The van der Waals surface area contributed by atoms with Crippen LogP contribution in [0.4, 0.5) is 5.82 Å². The number of nitrogens with zero attached hydrogens (tertiary/aromatic N) is 3. The number of carbonyl (C=O) groups is 1. The molecule has 6 heteroatoms. The largest absolute Gasteiger partial charge is 0.478 e. The number of aromatic nitrogens is 3. The molecule has 2 aromatic rings. The average Bonchev–Trinajstić information content (AvgIpc) is 3.03. The zero-order chi connectivity index (χ0) is 14.1. The van der Waals surface area contributed by atoms with Gasteiger partial charge in [0.15, 0.2) is 0 Å². The minimum atomic E-state index is -0.948. The predicted octanol–water partition coefficient (Wildman–Crippen LogP) is 1.61. The van der Waals surface area contributed by atoms with Crippen molar-refractivity contribution < 1.29 is 9.90 Å². The molecule has 2 heterocycles. The van der Waals surface area contributed by atoms with Gasteiger partial charge in [0.25, 0.3) is 0 Å². The second-order valence-corrected chi connectivity index (χ2v) is 4.98. The van der Waals surface area contributed by atoms with Crippen molar-refractivity contribution >= 4 is 11.8 Å². The summed E-state index contributed by atoms with van der Waals surface area (Å²) in [6, 6.07) is 3.64. The summed E-state index contributed by atoms with van der Waals surface area (Å²) in [6.45, 7) is 0.465. The van der Waals surface area contributed by atoms with Gasteiger partial charge in [0.05, 0.1) is 12.2 Å². The number of hydrogen-bond acceptors (Lipinski definition) is 4. The smallest absolute Gasteiger partial charge is 0.339 e. The van der Waals surface area contributed by atoms with Crippen molar-refractivity contribution in [3.63, 3.8) is 0 Å². The van der Waals surface area contributed by atoms with Crippen LogP contribution in [0.15, 0.2) is 18.3 Å².